The SMILES string of the molecule is C1CCNC1.CN[C@H](CN1CCCC1)[C@H](O)c1ccc2c(c1)OCCO2.CN[C@H](CO)[C@H](O)c1ccc2c(c1)OCCO2.[Y]. The predicted octanol–water partition coefficient (Wildman–Crippen LogP) is 1.61. The van der Waals surface area contributed by atoms with Crippen LogP contribution in [0.1, 0.15) is 49.0 Å². The molecular weight excluding hydrogens is 641 g/mol. The van der Waals surface area contributed by atoms with Crippen LogP contribution in [0.15, 0.2) is 36.4 Å². The Morgan fingerprint density at radius 2 is 1.16 bits per heavy atom. The van der Waals surface area contributed by atoms with Crippen LogP contribution in [0.2, 0.25) is 0 Å². The Bertz CT molecular complexity index is 1090. The van der Waals surface area contributed by atoms with Gasteiger partial charge in [0.2, 0.25) is 0 Å². The molecular formula is C32H50N4O7Y. The van der Waals surface area contributed by atoms with E-state index in [1.54, 1.807) is 25.2 Å². The van der Waals surface area contributed by atoms with E-state index in [-0.39, 0.29) is 45.4 Å². The fraction of sp³-hybridized carbons (Fsp3) is 0.625. The van der Waals surface area contributed by atoms with Crippen LogP contribution in [0, 0.1) is 0 Å². The zero-order chi connectivity index (χ0) is 30.4. The summed E-state index contributed by atoms with van der Waals surface area (Å²) in [5.41, 5.74) is 1.57. The van der Waals surface area contributed by atoms with Crippen LogP contribution in [-0.4, -0.2) is 112 Å². The summed E-state index contributed by atoms with van der Waals surface area (Å²) in [6.07, 6.45) is 3.97. The van der Waals surface area contributed by atoms with Crippen molar-refractivity contribution in [2.24, 2.45) is 0 Å². The van der Waals surface area contributed by atoms with Crippen molar-refractivity contribution >= 4 is 0 Å². The van der Waals surface area contributed by atoms with E-state index in [1.165, 1.54) is 38.8 Å². The molecule has 4 atom stereocenters. The number of aliphatic hydroxyl groups excluding tert-OH is 3. The van der Waals surface area contributed by atoms with Gasteiger partial charge in [-0.1, -0.05) is 12.1 Å². The third-order valence-electron chi connectivity index (χ3n) is 8.13. The van der Waals surface area contributed by atoms with Crippen LogP contribution in [-0.2, 0) is 32.7 Å². The molecule has 6 N–H and O–H groups in total. The Labute approximate surface area is 286 Å². The molecule has 2 fully saturated rings. The third kappa shape index (κ3) is 10.8. The largest absolute Gasteiger partial charge is 0.486 e. The van der Waals surface area contributed by atoms with Crippen LogP contribution in [0.5, 0.6) is 23.0 Å². The molecule has 2 saturated heterocycles. The van der Waals surface area contributed by atoms with Gasteiger partial charge < -0.3 is 55.1 Å². The van der Waals surface area contributed by atoms with Crippen LogP contribution in [0.4, 0.5) is 0 Å². The molecule has 0 spiro atoms. The second-order valence-corrected chi connectivity index (χ2v) is 11.1. The van der Waals surface area contributed by atoms with E-state index in [2.05, 4.69) is 20.9 Å². The van der Waals surface area contributed by atoms with E-state index in [0.717, 1.165) is 36.7 Å². The number of ether oxygens (including phenoxy) is 4. The van der Waals surface area contributed by atoms with Crippen molar-refractivity contribution in [3.8, 4) is 23.0 Å². The van der Waals surface area contributed by atoms with Gasteiger partial charge in [0.15, 0.2) is 23.0 Å². The minimum absolute atomic E-state index is 0. The normalized spacial score (nSPS) is 19.7. The van der Waals surface area contributed by atoms with Gasteiger partial charge in [-0.2, -0.15) is 0 Å². The van der Waals surface area contributed by atoms with Gasteiger partial charge in [0.25, 0.3) is 0 Å². The molecule has 0 aromatic heterocycles. The molecule has 6 rings (SSSR count). The summed E-state index contributed by atoms with van der Waals surface area (Å²) in [5.74, 6) is 2.82. The molecule has 4 aliphatic heterocycles. The summed E-state index contributed by atoms with van der Waals surface area (Å²) < 4.78 is 22.0. The average Bonchev–Trinajstić information content (AvgIpc) is 3.82. The molecule has 1 radical (unpaired) electrons. The van der Waals surface area contributed by atoms with Crippen LogP contribution in [0.25, 0.3) is 0 Å². The molecule has 44 heavy (non-hydrogen) atoms. The summed E-state index contributed by atoms with van der Waals surface area (Å²) >= 11 is 0. The number of hydrogen-bond acceptors (Lipinski definition) is 11. The van der Waals surface area contributed by atoms with Crippen molar-refractivity contribution in [3.05, 3.63) is 47.5 Å². The molecule has 4 heterocycles. The minimum atomic E-state index is -0.777. The molecule has 4 aliphatic rings. The molecule has 12 heteroatoms. The molecule has 2 aromatic rings. The summed E-state index contributed by atoms with van der Waals surface area (Å²) in [6.45, 7) is 7.71. The van der Waals surface area contributed by atoms with Crippen LogP contribution < -0.4 is 34.9 Å². The van der Waals surface area contributed by atoms with E-state index in [1.807, 2.05) is 25.2 Å². The molecule has 11 nitrogen and oxygen atoms in total. The number of hydrogen-bond donors (Lipinski definition) is 6. The number of fused-ring (bicyclic) bond motifs is 2. The molecule has 243 valence electrons. The van der Waals surface area contributed by atoms with Gasteiger partial charge in [-0.15, -0.1) is 0 Å². The fourth-order valence-electron chi connectivity index (χ4n) is 5.52. The number of benzene rings is 2. The number of likely N-dealkylation sites (tertiary alicyclic amines) is 1. The molecule has 0 unspecified atom stereocenters. The van der Waals surface area contributed by atoms with Crippen molar-refractivity contribution < 1.29 is 67.0 Å². The van der Waals surface area contributed by atoms with Crippen molar-refractivity contribution in [1.29, 1.82) is 0 Å². The minimum Gasteiger partial charge on any atom is -0.486 e. The summed E-state index contributed by atoms with van der Waals surface area (Å²) in [6, 6.07) is 10.6. The number of aliphatic hydroxyl groups is 3. The zero-order valence-electron chi connectivity index (χ0n) is 26.2. The average molecular weight is 692 g/mol. The van der Waals surface area contributed by atoms with Gasteiger partial charge in [-0.05, 0) is 101 Å². The standard InChI is InChI=1S/C16H24N2O3.C12H17NO4.C4H9N.Y/c1-17-13(11-18-6-2-3-7-18)16(19)12-4-5-14-15(10-12)21-9-8-20-14;1-13-9(7-14)12(15)8-2-3-10-11(6-8)17-5-4-16-10;1-2-4-5-3-1;/h4-5,10,13,16-17,19H,2-3,6-9,11H2,1H3;2-3,6,9,12-15H,4-5,7H2,1H3;5H,1-4H2;/t13-,16-;9-,12-;;/m11../s1. The van der Waals surface area contributed by atoms with E-state index in [4.69, 9.17) is 24.1 Å². The monoisotopic (exact) mass is 691 g/mol. The number of nitrogens with one attached hydrogen (secondary N) is 3. The number of rotatable bonds is 9. The third-order valence-corrected chi connectivity index (χ3v) is 8.13. The summed E-state index contributed by atoms with van der Waals surface area (Å²) in [5, 5.41) is 39.2. The Balaban J connectivity index is 0.000000206. The first-order valence-corrected chi connectivity index (χ1v) is 15.6. The molecule has 0 aliphatic carbocycles. The van der Waals surface area contributed by atoms with Crippen molar-refractivity contribution in [3.63, 3.8) is 0 Å². The van der Waals surface area contributed by atoms with Gasteiger partial charge in [0, 0.05) is 45.3 Å². The van der Waals surface area contributed by atoms with Crippen molar-refractivity contribution in [2.45, 2.75) is 50.0 Å². The smallest absolute Gasteiger partial charge is 0.161 e. The molecule has 0 saturated carbocycles. The Kier molecular flexibility index (Phi) is 16.7. The second kappa shape index (κ2) is 19.9. The van der Waals surface area contributed by atoms with Gasteiger partial charge >= 0.3 is 0 Å². The second-order valence-electron chi connectivity index (χ2n) is 11.1. The predicted molar refractivity (Wildman–Crippen MR) is 165 cm³/mol. The fourth-order valence-corrected chi connectivity index (χ4v) is 5.52. The van der Waals surface area contributed by atoms with Gasteiger partial charge in [0.05, 0.1) is 24.9 Å². The van der Waals surface area contributed by atoms with E-state index in [0.29, 0.717) is 43.5 Å². The maximum Gasteiger partial charge on any atom is 0.161 e. The quantitative estimate of drug-likeness (QED) is 0.229. The summed E-state index contributed by atoms with van der Waals surface area (Å²) in [7, 11) is 3.60. The number of nitrogens with zero attached hydrogens (tertiary/aromatic N) is 1. The molecule has 0 bridgehead atoms. The van der Waals surface area contributed by atoms with Crippen LogP contribution in [0.3, 0.4) is 0 Å². The van der Waals surface area contributed by atoms with Gasteiger partial charge in [-0.3, -0.25) is 0 Å². The topological polar surface area (TPSA) is 137 Å². The van der Waals surface area contributed by atoms with Crippen molar-refractivity contribution in [1.82, 2.24) is 20.9 Å². The van der Waals surface area contributed by atoms with Crippen LogP contribution >= 0.6 is 0 Å². The number of likely N-dealkylation sites (N-methyl/N-ethyl adjacent to an activating group) is 2. The van der Waals surface area contributed by atoms with E-state index >= 15 is 0 Å². The Morgan fingerprint density at radius 3 is 1.57 bits per heavy atom. The first-order chi connectivity index (χ1) is 21.0. The van der Waals surface area contributed by atoms with Gasteiger partial charge in [0.1, 0.15) is 26.4 Å². The maximum absolute atomic E-state index is 10.7. The molecule has 0 amide bonds. The van der Waals surface area contributed by atoms with E-state index in [9.17, 15) is 10.2 Å². The summed E-state index contributed by atoms with van der Waals surface area (Å²) in [4.78, 5) is 2.41. The first-order valence-electron chi connectivity index (χ1n) is 15.6. The zero-order valence-corrected chi connectivity index (χ0v) is 29.0. The Morgan fingerprint density at radius 1 is 0.705 bits per heavy atom. The van der Waals surface area contributed by atoms with Gasteiger partial charge in [-0.25, -0.2) is 0 Å². The van der Waals surface area contributed by atoms with E-state index < -0.39 is 18.2 Å². The Hall–Kier alpha value is -1.54. The molecule has 2 aromatic carbocycles. The maximum atomic E-state index is 10.7. The first kappa shape index (κ1) is 36.9. The van der Waals surface area contributed by atoms with Crippen molar-refractivity contribution in [2.75, 3.05) is 79.9 Å².